The number of halogens is 2. The van der Waals surface area contributed by atoms with Gasteiger partial charge in [-0.05, 0) is 73.2 Å². The van der Waals surface area contributed by atoms with Crippen LogP contribution in [0.25, 0.3) is 6.08 Å². The summed E-state index contributed by atoms with van der Waals surface area (Å²) in [6, 6.07) is 25.7. The van der Waals surface area contributed by atoms with Crippen LogP contribution in [-0.2, 0) is 9.59 Å². The fraction of sp³-hybridized carbons (Fsp3) is 0.121. The molecule has 3 N–H and O–H groups in total. The van der Waals surface area contributed by atoms with Crippen LogP contribution in [0.4, 0.5) is 11.4 Å². The Labute approximate surface area is 269 Å². The van der Waals surface area contributed by atoms with E-state index in [0.29, 0.717) is 44.0 Å². The average Bonchev–Trinajstić information content (AvgIpc) is 3.02. The molecule has 1 atom stereocenters. The van der Waals surface area contributed by atoms with E-state index in [1.165, 1.54) is 26.0 Å². The van der Waals surface area contributed by atoms with Gasteiger partial charge in [-0.1, -0.05) is 53.5 Å². The van der Waals surface area contributed by atoms with Gasteiger partial charge in [-0.15, -0.1) is 11.8 Å². The van der Waals surface area contributed by atoms with Gasteiger partial charge in [0.25, 0.3) is 11.8 Å². The molecule has 0 heterocycles. The number of benzene rings is 4. The van der Waals surface area contributed by atoms with Crippen LogP contribution in [0.2, 0.25) is 10.0 Å². The van der Waals surface area contributed by atoms with Crippen molar-refractivity contribution in [2.45, 2.75) is 17.1 Å². The van der Waals surface area contributed by atoms with E-state index >= 15 is 0 Å². The SMILES string of the molecule is COc1cc(OC)c(NC(=O)C(C)Sc2ccc(NC(=O)/C(=C/c3cccc(Cl)c3)NC(=O)c3ccccc3)cc2)cc1Cl. The standard InChI is InChI=1S/C33H29Cl2N3O5S/c1-20(31(39)37-27-18-26(35)29(42-2)19-30(27)43-3)44-25-14-12-24(13-15-25)36-33(41)28(17-21-8-7-11-23(34)16-21)38-32(40)22-9-5-4-6-10-22/h4-20H,1-3H3,(H,36,41)(H,37,39)(H,38,40)/b28-17-. The monoisotopic (exact) mass is 649 g/mol. The van der Waals surface area contributed by atoms with Crippen LogP contribution in [0.5, 0.6) is 11.5 Å². The Morgan fingerprint density at radius 1 is 0.818 bits per heavy atom. The molecule has 0 spiro atoms. The van der Waals surface area contributed by atoms with E-state index in [1.54, 1.807) is 104 Å². The van der Waals surface area contributed by atoms with Gasteiger partial charge in [0.2, 0.25) is 5.91 Å². The Bertz CT molecular complexity index is 1680. The molecule has 11 heteroatoms. The number of thioether (sulfide) groups is 1. The van der Waals surface area contributed by atoms with Crippen LogP contribution in [0.1, 0.15) is 22.8 Å². The molecule has 0 radical (unpaired) electrons. The van der Waals surface area contributed by atoms with E-state index in [9.17, 15) is 14.4 Å². The highest BCUT2D eigenvalue weighted by Gasteiger charge is 2.19. The second kappa shape index (κ2) is 15.3. The molecule has 0 aliphatic carbocycles. The van der Waals surface area contributed by atoms with E-state index in [1.807, 2.05) is 0 Å². The smallest absolute Gasteiger partial charge is 0.272 e. The van der Waals surface area contributed by atoms with Crippen molar-refractivity contribution in [2.75, 3.05) is 24.9 Å². The lowest BCUT2D eigenvalue weighted by Crippen LogP contribution is -2.30. The Balaban J connectivity index is 1.43. The predicted molar refractivity (Wildman–Crippen MR) is 177 cm³/mol. The molecular formula is C33H29Cl2N3O5S. The van der Waals surface area contributed by atoms with Crippen molar-refractivity contribution < 1.29 is 23.9 Å². The molecule has 44 heavy (non-hydrogen) atoms. The maximum absolute atomic E-state index is 13.3. The van der Waals surface area contributed by atoms with Gasteiger partial charge in [-0.2, -0.15) is 0 Å². The third-order valence-corrected chi connectivity index (χ3v) is 7.86. The minimum Gasteiger partial charge on any atom is -0.495 e. The number of hydrogen-bond acceptors (Lipinski definition) is 6. The quantitative estimate of drug-likeness (QED) is 0.114. The number of methoxy groups -OCH3 is 2. The Kier molecular flexibility index (Phi) is 11.3. The third kappa shape index (κ3) is 8.79. The number of hydrogen-bond donors (Lipinski definition) is 3. The molecule has 4 rings (SSSR count). The first-order valence-electron chi connectivity index (χ1n) is 13.3. The van der Waals surface area contributed by atoms with Gasteiger partial charge < -0.3 is 25.4 Å². The van der Waals surface area contributed by atoms with Gasteiger partial charge in [-0.25, -0.2) is 0 Å². The molecule has 226 valence electrons. The van der Waals surface area contributed by atoms with Crippen molar-refractivity contribution in [3.05, 3.63) is 118 Å². The number of rotatable bonds is 11. The minimum atomic E-state index is -0.519. The first-order chi connectivity index (χ1) is 21.2. The number of carbonyl (C=O) groups is 3. The predicted octanol–water partition coefficient (Wildman–Crippen LogP) is 7.54. The van der Waals surface area contributed by atoms with Gasteiger partial charge in [0, 0.05) is 27.2 Å². The highest BCUT2D eigenvalue weighted by molar-refractivity contribution is 8.00. The normalized spacial score (nSPS) is 11.7. The Hall–Kier alpha value is -4.44. The molecule has 0 aromatic heterocycles. The second-order valence-electron chi connectivity index (χ2n) is 9.35. The minimum absolute atomic E-state index is 0.0407. The summed E-state index contributed by atoms with van der Waals surface area (Å²) in [6.07, 6.45) is 1.55. The molecule has 0 saturated carbocycles. The van der Waals surface area contributed by atoms with Gasteiger partial charge >= 0.3 is 0 Å². The number of anilines is 2. The van der Waals surface area contributed by atoms with E-state index in [0.717, 1.165) is 4.90 Å². The fourth-order valence-corrected chi connectivity index (χ4v) is 5.28. The molecule has 1 unspecified atom stereocenters. The molecule has 0 fully saturated rings. The Morgan fingerprint density at radius 3 is 2.18 bits per heavy atom. The summed E-state index contributed by atoms with van der Waals surface area (Å²) in [4.78, 5) is 39.9. The van der Waals surface area contributed by atoms with Crippen LogP contribution in [-0.4, -0.2) is 37.2 Å². The third-order valence-electron chi connectivity index (χ3n) is 6.21. The van der Waals surface area contributed by atoms with E-state index in [-0.39, 0.29) is 11.6 Å². The lowest BCUT2D eigenvalue weighted by atomic mass is 10.1. The van der Waals surface area contributed by atoms with Gasteiger partial charge in [0.05, 0.1) is 30.2 Å². The molecule has 8 nitrogen and oxygen atoms in total. The van der Waals surface area contributed by atoms with Crippen LogP contribution in [0, 0.1) is 0 Å². The van der Waals surface area contributed by atoms with Crippen molar-refractivity contribution in [1.82, 2.24) is 5.32 Å². The molecule has 4 aromatic carbocycles. The molecular weight excluding hydrogens is 621 g/mol. The van der Waals surface area contributed by atoms with Crippen LogP contribution >= 0.6 is 35.0 Å². The van der Waals surface area contributed by atoms with Gasteiger partial charge in [-0.3, -0.25) is 14.4 Å². The van der Waals surface area contributed by atoms with Crippen molar-refractivity contribution in [2.24, 2.45) is 0 Å². The zero-order valence-electron chi connectivity index (χ0n) is 24.0. The highest BCUT2D eigenvalue weighted by Crippen LogP contribution is 2.36. The summed E-state index contributed by atoms with van der Waals surface area (Å²) in [6.45, 7) is 1.77. The first kappa shape index (κ1) is 32.5. The molecule has 4 aromatic rings. The second-order valence-corrected chi connectivity index (χ2v) is 11.6. The van der Waals surface area contributed by atoms with Crippen LogP contribution < -0.4 is 25.4 Å². The van der Waals surface area contributed by atoms with Crippen molar-refractivity contribution in [3.8, 4) is 11.5 Å². The highest BCUT2D eigenvalue weighted by atomic mass is 35.5. The topological polar surface area (TPSA) is 106 Å². The number of carbonyl (C=O) groups excluding carboxylic acids is 3. The maximum atomic E-state index is 13.3. The zero-order valence-corrected chi connectivity index (χ0v) is 26.3. The molecule has 0 bridgehead atoms. The van der Waals surface area contributed by atoms with Crippen molar-refractivity contribution in [1.29, 1.82) is 0 Å². The number of amides is 3. The summed E-state index contributed by atoms with van der Waals surface area (Å²) in [7, 11) is 2.99. The summed E-state index contributed by atoms with van der Waals surface area (Å²) >= 11 is 13.7. The molecule has 3 amide bonds. The first-order valence-corrected chi connectivity index (χ1v) is 14.9. The Morgan fingerprint density at radius 2 is 1.52 bits per heavy atom. The lowest BCUT2D eigenvalue weighted by Gasteiger charge is -2.16. The summed E-state index contributed by atoms with van der Waals surface area (Å²) < 4.78 is 10.6. The van der Waals surface area contributed by atoms with Crippen LogP contribution in [0.3, 0.4) is 0 Å². The van der Waals surface area contributed by atoms with E-state index in [2.05, 4.69) is 16.0 Å². The van der Waals surface area contributed by atoms with E-state index < -0.39 is 17.1 Å². The lowest BCUT2D eigenvalue weighted by molar-refractivity contribution is -0.115. The summed E-state index contributed by atoms with van der Waals surface area (Å²) in [5.41, 5.74) is 2.02. The summed E-state index contributed by atoms with van der Waals surface area (Å²) in [5.74, 6) is -0.351. The van der Waals surface area contributed by atoms with E-state index in [4.69, 9.17) is 32.7 Å². The summed E-state index contributed by atoms with van der Waals surface area (Å²) in [5, 5.41) is 8.73. The maximum Gasteiger partial charge on any atom is 0.272 e. The van der Waals surface area contributed by atoms with Crippen LogP contribution in [0.15, 0.2) is 102 Å². The molecule has 0 aliphatic heterocycles. The van der Waals surface area contributed by atoms with Gasteiger partial charge in [0.15, 0.2) is 0 Å². The number of nitrogens with one attached hydrogen (secondary N) is 3. The molecule has 0 saturated heterocycles. The molecule has 0 aliphatic rings. The average molecular weight is 651 g/mol. The van der Waals surface area contributed by atoms with Gasteiger partial charge in [0.1, 0.15) is 17.2 Å². The van der Waals surface area contributed by atoms with Crippen molar-refractivity contribution in [3.63, 3.8) is 0 Å². The largest absolute Gasteiger partial charge is 0.495 e. The fourth-order valence-electron chi connectivity index (χ4n) is 3.97. The zero-order chi connectivity index (χ0) is 31.6. The van der Waals surface area contributed by atoms with Crippen molar-refractivity contribution >= 4 is 70.1 Å². The number of ether oxygens (including phenoxy) is 2.